The van der Waals surface area contributed by atoms with Gasteiger partial charge in [0.1, 0.15) is 5.75 Å². The number of nitrogens with one attached hydrogen (secondary N) is 2. The molecule has 28 heavy (non-hydrogen) atoms. The summed E-state index contributed by atoms with van der Waals surface area (Å²) in [5.74, 6) is 0.646. The van der Waals surface area contributed by atoms with Crippen molar-refractivity contribution in [3.8, 4) is 5.75 Å². The molecule has 3 rings (SSSR count). The lowest BCUT2D eigenvalue weighted by atomic mass is 10.1. The average molecular weight is 378 g/mol. The molecule has 0 bridgehead atoms. The minimum atomic E-state index is -0.324. The molecule has 2 aromatic carbocycles. The largest absolute Gasteiger partial charge is 0.494 e. The third kappa shape index (κ3) is 5.23. The van der Waals surface area contributed by atoms with Gasteiger partial charge in [-0.1, -0.05) is 18.2 Å². The Labute approximate surface area is 163 Å². The molecule has 0 saturated heterocycles. The predicted octanol–water partition coefficient (Wildman–Crippen LogP) is 4.50. The van der Waals surface area contributed by atoms with Gasteiger partial charge in [0.15, 0.2) is 5.76 Å². The number of ether oxygens (including phenoxy) is 1. The van der Waals surface area contributed by atoms with Crippen LogP contribution >= 0.6 is 0 Å². The van der Waals surface area contributed by atoms with E-state index in [9.17, 15) is 9.59 Å². The molecule has 2 N–H and O–H groups in total. The summed E-state index contributed by atoms with van der Waals surface area (Å²) in [5, 5.41) is 5.59. The first-order chi connectivity index (χ1) is 13.7. The maximum Gasteiger partial charge on any atom is 0.291 e. The Kier molecular flexibility index (Phi) is 6.46. The van der Waals surface area contributed by atoms with E-state index < -0.39 is 0 Å². The highest BCUT2D eigenvalue weighted by Crippen LogP contribution is 2.20. The fourth-order valence-electron chi connectivity index (χ4n) is 2.72. The van der Waals surface area contributed by atoms with E-state index in [2.05, 4.69) is 10.6 Å². The van der Waals surface area contributed by atoms with Crippen LogP contribution in [0.2, 0.25) is 0 Å². The summed E-state index contributed by atoms with van der Waals surface area (Å²) in [6.07, 6.45) is 2.39. The first-order valence-electron chi connectivity index (χ1n) is 9.11. The fraction of sp³-hybridized carbons (Fsp3) is 0.182. The topological polar surface area (TPSA) is 80.6 Å². The summed E-state index contributed by atoms with van der Waals surface area (Å²) in [7, 11) is 0. The van der Waals surface area contributed by atoms with Crippen molar-refractivity contribution in [3.63, 3.8) is 0 Å². The Hall–Kier alpha value is -3.54. The second-order valence-corrected chi connectivity index (χ2v) is 6.10. The molecule has 1 heterocycles. The zero-order chi connectivity index (χ0) is 19.8. The van der Waals surface area contributed by atoms with Gasteiger partial charge in [-0.25, -0.2) is 0 Å². The number of carbonyl (C=O) groups excluding carboxylic acids is 2. The molecule has 1 aromatic heterocycles. The molecule has 0 aliphatic rings. The molecule has 0 fully saturated rings. The summed E-state index contributed by atoms with van der Waals surface area (Å²) in [6, 6.07) is 17.9. The second-order valence-electron chi connectivity index (χ2n) is 6.10. The van der Waals surface area contributed by atoms with Crippen molar-refractivity contribution < 1.29 is 18.7 Å². The van der Waals surface area contributed by atoms with Crippen LogP contribution in [0.4, 0.5) is 11.4 Å². The number of benzene rings is 2. The van der Waals surface area contributed by atoms with Gasteiger partial charge in [-0.15, -0.1) is 0 Å². The molecular weight excluding hydrogens is 356 g/mol. The molecule has 3 aromatic rings. The van der Waals surface area contributed by atoms with E-state index in [1.165, 1.54) is 6.26 Å². The number of hydrogen-bond acceptors (Lipinski definition) is 4. The van der Waals surface area contributed by atoms with Gasteiger partial charge in [-0.3, -0.25) is 9.59 Å². The van der Waals surface area contributed by atoms with Crippen LogP contribution in [0.25, 0.3) is 0 Å². The van der Waals surface area contributed by atoms with Crippen molar-refractivity contribution in [1.82, 2.24) is 0 Å². The molecule has 0 aliphatic carbocycles. The van der Waals surface area contributed by atoms with Crippen molar-refractivity contribution in [2.24, 2.45) is 0 Å². The van der Waals surface area contributed by atoms with E-state index in [0.717, 1.165) is 11.3 Å². The van der Waals surface area contributed by atoms with Crippen LogP contribution in [0, 0.1) is 0 Å². The van der Waals surface area contributed by atoms with Gasteiger partial charge in [-0.05, 0) is 61.4 Å². The van der Waals surface area contributed by atoms with E-state index in [0.29, 0.717) is 30.8 Å². The average Bonchev–Trinajstić information content (AvgIpc) is 3.24. The van der Waals surface area contributed by atoms with Crippen molar-refractivity contribution >= 4 is 23.2 Å². The number of hydrogen-bond donors (Lipinski definition) is 2. The summed E-state index contributed by atoms with van der Waals surface area (Å²) in [5.41, 5.74) is 2.29. The molecule has 0 spiro atoms. The highest BCUT2D eigenvalue weighted by atomic mass is 16.5. The van der Waals surface area contributed by atoms with Crippen LogP contribution in [0.3, 0.4) is 0 Å². The normalized spacial score (nSPS) is 10.3. The standard InChI is InChI=1S/C22H22N2O4/c1-2-27-19-7-4-3-6-16(19)9-14-21(25)23-17-10-12-18(13-11-17)24-22(26)20-8-5-15-28-20/h3-8,10-13,15H,2,9,14H2,1H3,(H,23,25)(H,24,26). The van der Waals surface area contributed by atoms with Gasteiger partial charge in [0.25, 0.3) is 5.91 Å². The molecule has 0 saturated carbocycles. The Morgan fingerprint density at radius 3 is 2.32 bits per heavy atom. The molecule has 6 heteroatoms. The van der Waals surface area contributed by atoms with E-state index in [1.807, 2.05) is 31.2 Å². The molecular formula is C22H22N2O4. The fourth-order valence-corrected chi connectivity index (χ4v) is 2.72. The SMILES string of the molecule is CCOc1ccccc1CCC(=O)Nc1ccc(NC(=O)c2ccco2)cc1. The molecule has 0 atom stereocenters. The van der Waals surface area contributed by atoms with Gasteiger partial charge in [-0.2, -0.15) is 0 Å². The van der Waals surface area contributed by atoms with Crippen LogP contribution in [-0.4, -0.2) is 18.4 Å². The minimum absolute atomic E-state index is 0.0846. The lowest BCUT2D eigenvalue weighted by Gasteiger charge is -2.10. The van der Waals surface area contributed by atoms with Crippen molar-refractivity contribution in [3.05, 3.63) is 78.3 Å². The lowest BCUT2D eigenvalue weighted by molar-refractivity contribution is -0.116. The van der Waals surface area contributed by atoms with E-state index >= 15 is 0 Å². The van der Waals surface area contributed by atoms with Crippen LogP contribution in [0.15, 0.2) is 71.3 Å². The van der Waals surface area contributed by atoms with Crippen LogP contribution in [0.5, 0.6) is 5.75 Å². The summed E-state index contributed by atoms with van der Waals surface area (Å²) in [4.78, 5) is 24.2. The number of rotatable bonds is 8. The number of furan rings is 1. The zero-order valence-corrected chi connectivity index (χ0v) is 15.6. The number of aryl methyl sites for hydroxylation is 1. The third-order valence-corrected chi connectivity index (χ3v) is 4.07. The lowest BCUT2D eigenvalue weighted by Crippen LogP contribution is -2.13. The summed E-state index contributed by atoms with van der Waals surface area (Å²) >= 11 is 0. The molecule has 2 amide bonds. The first-order valence-corrected chi connectivity index (χ1v) is 9.11. The van der Waals surface area contributed by atoms with Gasteiger partial charge in [0, 0.05) is 17.8 Å². The Morgan fingerprint density at radius 1 is 0.929 bits per heavy atom. The smallest absolute Gasteiger partial charge is 0.291 e. The first kappa shape index (κ1) is 19.2. The van der Waals surface area contributed by atoms with Gasteiger partial charge in [0.05, 0.1) is 12.9 Å². The van der Waals surface area contributed by atoms with Crippen LogP contribution in [-0.2, 0) is 11.2 Å². The highest BCUT2D eigenvalue weighted by molar-refractivity contribution is 6.02. The molecule has 6 nitrogen and oxygen atoms in total. The molecule has 0 radical (unpaired) electrons. The van der Waals surface area contributed by atoms with E-state index in [1.54, 1.807) is 36.4 Å². The monoisotopic (exact) mass is 378 g/mol. The maximum atomic E-state index is 12.2. The van der Waals surface area contributed by atoms with Gasteiger partial charge >= 0.3 is 0 Å². The molecule has 0 aliphatic heterocycles. The zero-order valence-electron chi connectivity index (χ0n) is 15.6. The molecule has 0 unspecified atom stereocenters. The quantitative estimate of drug-likeness (QED) is 0.605. The number of para-hydroxylation sites is 1. The van der Waals surface area contributed by atoms with Crippen molar-refractivity contribution in [2.75, 3.05) is 17.2 Å². The van der Waals surface area contributed by atoms with Crippen molar-refractivity contribution in [1.29, 1.82) is 0 Å². The Morgan fingerprint density at radius 2 is 1.64 bits per heavy atom. The van der Waals surface area contributed by atoms with Crippen molar-refractivity contribution in [2.45, 2.75) is 19.8 Å². The van der Waals surface area contributed by atoms with Crippen LogP contribution in [0.1, 0.15) is 29.5 Å². The summed E-state index contributed by atoms with van der Waals surface area (Å²) < 4.78 is 10.6. The third-order valence-electron chi connectivity index (χ3n) is 4.07. The Bertz CT molecular complexity index is 918. The maximum absolute atomic E-state index is 12.2. The highest BCUT2D eigenvalue weighted by Gasteiger charge is 2.10. The number of anilines is 2. The van der Waals surface area contributed by atoms with Gasteiger partial charge < -0.3 is 19.8 Å². The molecule has 144 valence electrons. The van der Waals surface area contributed by atoms with E-state index in [4.69, 9.17) is 9.15 Å². The number of carbonyl (C=O) groups is 2. The van der Waals surface area contributed by atoms with Gasteiger partial charge in [0.2, 0.25) is 5.91 Å². The number of amides is 2. The second kappa shape index (κ2) is 9.41. The summed E-state index contributed by atoms with van der Waals surface area (Å²) in [6.45, 7) is 2.52. The van der Waals surface area contributed by atoms with E-state index in [-0.39, 0.29) is 17.6 Å². The predicted molar refractivity (Wildman–Crippen MR) is 108 cm³/mol. The van der Waals surface area contributed by atoms with Crippen LogP contribution < -0.4 is 15.4 Å². The Balaban J connectivity index is 1.51. The minimum Gasteiger partial charge on any atom is -0.494 e.